The van der Waals surface area contributed by atoms with Crippen molar-refractivity contribution in [2.45, 2.75) is 31.7 Å². The highest BCUT2D eigenvalue weighted by molar-refractivity contribution is 9.10. The molecule has 1 amide bonds. The van der Waals surface area contributed by atoms with Gasteiger partial charge in [0, 0.05) is 30.0 Å². The van der Waals surface area contributed by atoms with Gasteiger partial charge in [-0.05, 0) is 49.2 Å². The maximum absolute atomic E-state index is 12.8. The number of carbonyl (C=O) groups is 1. The van der Waals surface area contributed by atoms with E-state index < -0.39 is 0 Å². The molecule has 1 atom stereocenters. The molecule has 1 aromatic heterocycles. The molecule has 0 spiro atoms. The second-order valence-electron chi connectivity index (χ2n) is 6.24. The molecule has 1 unspecified atom stereocenters. The Balaban J connectivity index is 1.70. The average Bonchev–Trinajstić information content (AvgIpc) is 2.86. The second-order valence-corrected chi connectivity index (χ2v) is 7.15. The van der Waals surface area contributed by atoms with Crippen molar-refractivity contribution < 1.29 is 9.53 Å². The Bertz CT molecular complexity index is 681. The van der Waals surface area contributed by atoms with Gasteiger partial charge in [0.2, 0.25) is 0 Å². The van der Waals surface area contributed by atoms with Crippen molar-refractivity contribution in [2.75, 3.05) is 13.2 Å². The SMILES string of the molecule is Cn1cccc1C1CCCCCN1C(=O)COc1ccc(Br)cc1. The minimum absolute atomic E-state index is 0.0611. The zero-order valence-electron chi connectivity index (χ0n) is 14.0. The number of aryl methyl sites for hydroxylation is 1. The first kappa shape index (κ1) is 17.1. The van der Waals surface area contributed by atoms with Gasteiger partial charge in [-0.2, -0.15) is 0 Å². The molecule has 2 heterocycles. The Morgan fingerprint density at radius 3 is 2.71 bits per heavy atom. The number of ether oxygens (including phenoxy) is 1. The summed E-state index contributed by atoms with van der Waals surface area (Å²) in [5.74, 6) is 0.780. The molecule has 1 saturated heterocycles. The maximum Gasteiger partial charge on any atom is 0.261 e. The molecule has 1 aliphatic rings. The molecule has 1 fully saturated rings. The molecule has 0 saturated carbocycles. The predicted octanol–water partition coefficient (Wildman–Crippen LogP) is 4.31. The molecule has 128 valence electrons. The van der Waals surface area contributed by atoms with Gasteiger partial charge in [0.15, 0.2) is 6.61 Å². The molecule has 1 aromatic carbocycles. The first-order valence-electron chi connectivity index (χ1n) is 8.44. The Labute approximate surface area is 151 Å². The van der Waals surface area contributed by atoms with Crippen LogP contribution in [0.1, 0.15) is 37.4 Å². The highest BCUT2D eigenvalue weighted by atomic mass is 79.9. The molecule has 1 aliphatic heterocycles. The summed E-state index contributed by atoms with van der Waals surface area (Å²) in [6.07, 6.45) is 6.46. The Morgan fingerprint density at radius 2 is 2.00 bits per heavy atom. The van der Waals surface area contributed by atoms with Crippen LogP contribution in [-0.2, 0) is 11.8 Å². The van der Waals surface area contributed by atoms with E-state index in [-0.39, 0.29) is 18.6 Å². The van der Waals surface area contributed by atoms with Crippen LogP contribution in [-0.4, -0.2) is 28.5 Å². The maximum atomic E-state index is 12.8. The smallest absolute Gasteiger partial charge is 0.261 e. The summed E-state index contributed by atoms with van der Waals surface area (Å²) in [5.41, 5.74) is 1.20. The number of nitrogens with zero attached hydrogens (tertiary/aromatic N) is 2. The summed E-state index contributed by atoms with van der Waals surface area (Å²) in [4.78, 5) is 14.8. The summed E-state index contributed by atoms with van der Waals surface area (Å²) in [6.45, 7) is 0.890. The molecule has 5 heteroatoms. The van der Waals surface area contributed by atoms with E-state index in [1.165, 1.54) is 12.1 Å². The summed E-state index contributed by atoms with van der Waals surface area (Å²) < 4.78 is 8.81. The number of likely N-dealkylation sites (tertiary alicyclic amines) is 1. The van der Waals surface area contributed by atoms with Gasteiger partial charge in [-0.25, -0.2) is 0 Å². The van der Waals surface area contributed by atoms with E-state index in [9.17, 15) is 4.79 Å². The minimum atomic E-state index is 0.0611. The van der Waals surface area contributed by atoms with Crippen LogP contribution in [0.15, 0.2) is 47.1 Å². The van der Waals surface area contributed by atoms with E-state index in [0.29, 0.717) is 0 Å². The van der Waals surface area contributed by atoms with Gasteiger partial charge in [-0.15, -0.1) is 0 Å². The second kappa shape index (κ2) is 7.88. The number of carbonyl (C=O) groups excluding carboxylic acids is 1. The lowest BCUT2D eigenvalue weighted by molar-refractivity contribution is -0.136. The molecule has 4 nitrogen and oxygen atoms in total. The van der Waals surface area contributed by atoms with E-state index in [0.717, 1.165) is 36.0 Å². The van der Waals surface area contributed by atoms with Gasteiger partial charge < -0.3 is 14.2 Å². The molecule has 3 rings (SSSR count). The molecule has 24 heavy (non-hydrogen) atoms. The van der Waals surface area contributed by atoms with E-state index in [2.05, 4.69) is 26.6 Å². The number of hydrogen-bond acceptors (Lipinski definition) is 2. The third kappa shape index (κ3) is 4.01. The highest BCUT2D eigenvalue weighted by Gasteiger charge is 2.28. The third-order valence-corrected chi connectivity index (χ3v) is 5.10. The average molecular weight is 391 g/mol. The van der Waals surface area contributed by atoms with Gasteiger partial charge >= 0.3 is 0 Å². The van der Waals surface area contributed by atoms with Gasteiger partial charge in [-0.3, -0.25) is 4.79 Å². The van der Waals surface area contributed by atoms with Crippen LogP contribution in [0.25, 0.3) is 0 Å². The van der Waals surface area contributed by atoms with Gasteiger partial charge in [0.25, 0.3) is 5.91 Å². The largest absolute Gasteiger partial charge is 0.484 e. The molecule has 0 N–H and O–H groups in total. The van der Waals surface area contributed by atoms with Crippen LogP contribution in [0, 0.1) is 0 Å². The fourth-order valence-corrected chi connectivity index (χ4v) is 3.56. The zero-order valence-corrected chi connectivity index (χ0v) is 15.5. The van der Waals surface area contributed by atoms with E-state index in [1.54, 1.807) is 0 Å². The van der Waals surface area contributed by atoms with Gasteiger partial charge in [0.05, 0.1) is 6.04 Å². The fraction of sp³-hybridized carbons (Fsp3) is 0.421. The van der Waals surface area contributed by atoms with Crippen LogP contribution in [0.2, 0.25) is 0 Å². The third-order valence-electron chi connectivity index (χ3n) is 4.57. The first-order valence-corrected chi connectivity index (χ1v) is 9.23. The lowest BCUT2D eigenvalue weighted by Gasteiger charge is -2.30. The van der Waals surface area contributed by atoms with E-state index in [1.807, 2.05) is 48.5 Å². The van der Waals surface area contributed by atoms with Crippen molar-refractivity contribution in [1.29, 1.82) is 0 Å². The Morgan fingerprint density at radius 1 is 1.21 bits per heavy atom. The number of rotatable bonds is 4. The van der Waals surface area contributed by atoms with Crippen molar-refractivity contribution >= 4 is 21.8 Å². The first-order chi connectivity index (χ1) is 11.6. The van der Waals surface area contributed by atoms with Crippen LogP contribution in [0.5, 0.6) is 5.75 Å². The normalized spacial score (nSPS) is 18.2. The number of halogens is 1. The number of hydrogen-bond donors (Lipinski definition) is 0. The van der Waals surface area contributed by atoms with Crippen molar-refractivity contribution in [2.24, 2.45) is 7.05 Å². The molecular weight excluding hydrogens is 368 g/mol. The number of aromatic nitrogens is 1. The molecular formula is C19H23BrN2O2. The van der Waals surface area contributed by atoms with Crippen molar-refractivity contribution in [3.63, 3.8) is 0 Å². The number of benzene rings is 1. The Kier molecular flexibility index (Phi) is 5.61. The Hall–Kier alpha value is -1.75. The van der Waals surface area contributed by atoms with Crippen LogP contribution >= 0.6 is 15.9 Å². The van der Waals surface area contributed by atoms with Crippen molar-refractivity contribution in [3.8, 4) is 5.75 Å². The quantitative estimate of drug-likeness (QED) is 0.779. The minimum Gasteiger partial charge on any atom is -0.484 e. The number of amides is 1. The summed E-state index contributed by atoms with van der Waals surface area (Å²) >= 11 is 3.40. The fourth-order valence-electron chi connectivity index (χ4n) is 3.29. The lowest BCUT2D eigenvalue weighted by Crippen LogP contribution is -2.38. The lowest BCUT2D eigenvalue weighted by atomic mass is 10.1. The molecule has 0 radical (unpaired) electrons. The predicted molar refractivity (Wildman–Crippen MR) is 98.0 cm³/mol. The topological polar surface area (TPSA) is 34.5 Å². The van der Waals surface area contributed by atoms with E-state index >= 15 is 0 Å². The summed E-state index contributed by atoms with van der Waals surface area (Å²) in [7, 11) is 2.04. The van der Waals surface area contributed by atoms with Crippen molar-refractivity contribution in [3.05, 3.63) is 52.8 Å². The zero-order chi connectivity index (χ0) is 16.9. The molecule has 0 aliphatic carbocycles. The molecule has 2 aromatic rings. The van der Waals surface area contributed by atoms with Crippen LogP contribution in [0.4, 0.5) is 0 Å². The van der Waals surface area contributed by atoms with E-state index in [4.69, 9.17) is 4.74 Å². The van der Waals surface area contributed by atoms with Crippen molar-refractivity contribution in [1.82, 2.24) is 9.47 Å². The molecule has 0 bridgehead atoms. The highest BCUT2D eigenvalue weighted by Crippen LogP contribution is 2.30. The van der Waals surface area contributed by atoms with Crippen LogP contribution < -0.4 is 4.74 Å². The monoisotopic (exact) mass is 390 g/mol. The standard InChI is InChI=1S/C19H23BrN2O2/c1-21-12-5-7-17(21)18-6-3-2-4-13-22(18)19(23)14-24-16-10-8-15(20)9-11-16/h5,7-12,18H,2-4,6,13-14H2,1H3. The van der Waals surface area contributed by atoms with Gasteiger partial charge in [-0.1, -0.05) is 28.8 Å². The summed E-state index contributed by atoms with van der Waals surface area (Å²) in [6, 6.07) is 11.9. The summed E-state index contributed by atoms with van der Waals surface area (Å²) in [5, 5.41) is 0. The van der Waals surface area contributed by atoms with Gasteiger partial charge in [0.1, 0.15) is 5.75 Å². The van der Waals surface area contributed by atoms with Crippen LogP contribution in [0.3, 0.4) is 0 Å².